The molecule has 0 aromatic heterocycles. The second-order valence-corrected chi connectivity index (χ2v) is 4.39. The summed E-state index contributed by atoms with van der Waals surface area (Å²) in [5, 5.41) is 6.14. The van der Waals surface area contributed by atoms with Crippen molar-refractivity contribution >= 4 is 11.9 Å². The number of azide groups is 1. The molecule has 18 heavy (non-hydrogen) atoms. The molecule has 0 aliphatic carbocycles. The fraction of sp³-hybridized carbons (Fsp3) is 0.800. The fourth-order valence-electron chi connectivity index (χ4n) is 2.28. The molecule has 98 valence electrons. The number of amides is 3. The van der Waals surface area contributed by atoms with Crippen LogP contribution in [0.4, 0.5) is 4.79 Å². The maximum atomic E-state index is 12.2. The summed E-state index contributed by atoms with van der Waals surface area (Å²) in [6, 6.07) is -0.358. The predicted octanol–water partition coefficient (Wildman–Crippen LogP) is 0.788. The lowest BCUT2D eigenvalue weighted by Crippen LogP contribution is -2.51. The van der Waals surface area contributed by atoms with E-state index in [-0.39, 0.29) is 25.0 Å². The van der Waals surface area contributed by atoms with Crippen molar-refractivity contribution in [3.05, 3.63) is 10.4 Å². The van der Waals surface area contributed by atoms with Crippen LogP contribution in [0, 0.1) is 0 Å². The Hall–Kier alpha value is -1.79. The molecule has 8 heteroatoms. The van der Waals surface area contributed by atoms with E-state index < -0.39 is 5.54 Å². The van der Waals surface area contributed by atoms with Gasteiger partial charge in [0.1, 0.15) is 5.54 Å². The first-order valence-corrected chi connectivity index (χ1v) is 5.92. The summed E-state index contributed by atoms with van der Waals surface area (Å²) in [6.45, 7) is 1.53. The molecule has 2 aliphatic heterocycles. The van der Waals surface area contributed by atoms with Crippen LogP contribution in [-0.2, 0) is 9.53 Å². The van der Waals surface area contributed by atoms with Crippen molar-refractivity contribution in [1.82, 2.24) is 10.2 Å². The number of imide groups is 1. The SMILES string of the molecule is [N-]=[N+]=NCCCN1C(=O)NC2(CCOCC2)C1=O. The highest BCUT2D eigenvalue weighted by molar-refractivity contribution is 6.07. The molecule has 0 atom stereocenters. The third kappa shape index (κ3) is 2.25. The summed E-state index contributed by atoms with van der Waals surface area (Å²) >= 11 is 0. The van der Waals surface area contributed by atoms with Gasteiger partial charge in [-0.2, -0.15) is 0 Å². The van der Waals surface area contributed by atoms with E-state index in [0.29, 0.717) is 32.5 Å². The monoisotopic (exact) mass is 253 g/mol. The predicted molar refractivity (Wildman–Crippen MR) is 61.7 cm³/mol. The van der Waals surface area contributed by atoms with Crippen molar-refractivity contribution < 1.29 is 14.3 Å². The van der Waals surface area contributed by atoms with Crippen molar-refractivity contribution in [2.75, 3.05) is 26.3 Å². The molecule has 0 aromatic rings. The first kappa shape index (κ1) is 12.7. The van der Waals surface area contributed by atoms with E-state index in [9.17, 15) is 9.59 Å². The minimum atomic E-state index is -0.770. The molecule has 2 aliphatic rings. The summed E-state index contributed by atoms with van der Waals surface area (Å²) in [4.78, 5) is 27.8. The average Bonchev–Trinajstić information content (AvgIpc) is 2.59. The van der Waals surface area contributed by atoms with Crippen molar-refractivity contribution in [3.8, 4) is 0 Å². The third-order valence-electron chi connectivity index (χ3n) is 3.30. The standard InChI is InChI=1S/C10H15N5O3/c11-14-12-4-1-5-15-8(16)10(13-9(15)17)2-6-18-7-3-10/h1-7H2,(H,13,17). The second kappa shape index (κ2) is 5.24. The van der Waals surface area contributed by atoms with Crippen molar-refractivity contribution in [2.24, 2.45) is 5.11 Å². The van der Waals surface area contributed by atoms with E-state index in [2.05, 4.69) is 15.3 Å². The molecule has 0 radical (unpaired) electrons. The molecule has 0 unspecified atom stereocenters. The molecule has 1 spiro atoms. The number of urea groups is 1. The van der Waals surface area contributed by atoms with Gasteiger partial charge in [0.05, 0.1) is 0 Å². The van der Waals surface area contributed by atoms with Crippen molar-refractivity contribution in [2.45, 2.75) is 24.8 Å². The van der Waals surface area contributed by atoms with E-state index >= 15 is 0 Å². The minimum Gasteiger partial charge on any atom is -0.381 e. The van der Waals surface area contributed by atoms with Crippen LogP contribution < -0.4 is 5.32 Å². The Labute approximate surface area is 104 Å². The zero-order valence-corrected chi connectivity index (χ0v) is 9.96. The van der Waals surface area contributed by atoms with Crippen LogP contribution in [0.3, 0.4) is 0 Å². The van der Waals surface area contributed by atoms with Gasteiger partial charge in [-0.05, 0) is 12.0 Å². The Morgan fingerprint density at radius 1 is 1.44 bits per heavy atom. The lowest BCUT2D eigenvalue weighted by molar-refractivity contribution is -0.134. The normalized spacial score (nSPS) is 21.9. The van der Waals surface area contributed by atoms with Gasteiger partial charge in [-0.1, -0.05) is 5.11 Å². The smallest absolute Gasteiger partial charge is 0.325 e. The molecule has 3 amide bonds. The Balaban J connectivity index is 1.98. The van der Waals surface area contributed by atoms with E-state index in [4.69, 9.17) is 10.3 Å². The largest absolute Gasteiger partial charge is 0.381 e. The highest BCUT2D eigenvalue weighted by atomic mass is 16.5. The highest BCUT2D eigenvalue weighted by Gasteiger charge is 2.51. The molecular weight excluding hydrogens is 238 g/mol. The minimum absolute atomic E-state index is 0.184. The second-order valence-electron chi connectivity index (χ2n) is 4.39. The van der Waals surface area contributed by atoms with Crippen LogP contribution in [0.1, 0.15) is 19.3 Å². The van der Waals surface area contributed by atoms with Gasteiger partial charge in [-0.25, -0.2) is 4.79 Å². The summed E-state index contributed by atoms with van der Waals surface area (Å²) in [7, 11) is 0. The molecule has 1 N–H and O–H groups in total. The van der Waals surface area contributed by atoms with Crippen LogP contribution in [0.5, 0.6) is 0 Å². The number of carbonyl (C=O) groups excluding carboxylic acids is 2. The zero-order chi connectivity index (χ0) is 13.0. The maximum Gasteiger partial charge on any atom is 0.325 e. The summed E-state index contributed by atoms with van der Waals surface area (Å²) in [5.41, 5.74) is 7.38. The van der Waals surface area contributed by atoms with Crippen molar-refractivity contribution in [1.29, 1.82) is 0 Å². The first-order valence-electron chi connectivity index (χ1n) is 5.92. The zero-order valence-electron chi connectivity index (χ0n) is 9.96. The van der Waals surface area contributed by atoms with Crippen molar-refractivity contribution in [3.63, 3.8) is 0 Å². The van der Waals surface area contributed by atoms with Gasteiger partial charge in [-0.15, -0.1) is 0 Å². The molecule has 0 aromatic carbocycles. The maximum absolute atomic E-state index is 12.2. The van der Waals surface area contributed by atoms with Crippen LogP contribution in [0.25, 0.3) is 10.4 Å². The number of hydrogen-bond donors (Lipinski definition) is 1. The van der Waals surface area contributed by atoms with Gasteiger partial charge in [0.25, 0.3) is 5.91 Å². The molecular formula is C10H15N5O3. The number of nitrogens with one attached hydrogen (secondary N) is 1. The molecule has 2 rings (SSSR count). The quantitative estimate of drug-likeness (QED) is 0.263. The number of ether oxygens (including phenoxy) is 1. The van der Waals surface area contributed by atoms with Crippen LogP contribution >= 0.6 is 0 Å². The van der Waals surface area contributed by atoms with Gasteiger partial charge in [0.2, 0.25) is 0 Å². The molecule has 0 bridgehead atoms. The van der Waals surface area contributed by atoms with Gasteiger partial charge in [0.15, 0.2) is 0 Å². The topological polar surface area (TPSA) is 107 Å². The lowest BCUT2D eigenvalue weighted by atomic mass is 9.90. The number of nitrogens with zero attached hydrogens (tertiary/aromatic N) is 4. The molecule has 2 heterocycles. The number of carbonyl (C=O) groups is 2. The summed E-state index contributed by atoms with van der Waals surface area (Å²) in [6.07, 6.45) is 1.52. The molecule has 0 saturated carbocycles. The summed E-state index contributed by atoms with van der Waals surface area (Å²) < 4.78 is 5.21. The molecule has 2 saturated heterocycles. The Bertz CT molecular complexity index is 398. The number of rotatable bonds is 4. The van der Waals surface area contributed by atoms with Crippen LogP contribution in [0.15, 0.2) is 5.11 Å². The summed E-state index contributed by atoms with van der Waals surface area (Å²) in [5.74, 6) is -0.184. The fourth-order valence-corrected chi connectivity index (χ4v) is 2.28. The van der Waals surface area contributed by atoms with Gasteiger partial charge in [-0.3, -0.25) is 9.69 Å². The van der Waals surface area contributed by atoms with Gasteiger partial charge < -0.3 is 10.1 Å². The highest BCUT2D eigenvalue weighted by Crippen LogP contribution is 2.28. The third-order valence-corrected chi connectivity index (χ3v) is 3.30. The first-order chi connectivity index (χ1) is 8.69. The van der Waals surface area contributed by atoms with E-state index in [1.807, 2.05) is 0 Å². The van der Waals surface area contributed by atoms with E-state index in [1.54, 1.807) is 0 Å². The van der Waals surface area contributed by atoms with E-state index in [0.717, 1.165) is 0 Å². The molecule has 8 nitrogen and oxygen atoms in total. The van der Waals surface area contributed by atoms with Crippen LogP contribution in [0.2, 0.25) is 0 Å². The van der Waals surface area contributed by atoms with Gasteiger partial charge in [0, 0.05) is 44.1 Å². The number of hydrogen-bond acceptors (Lipinski definition) is 4. The lowest BCUT2D eigenvalue weighted by Gasteiger charge is -2.30. The van der Waals surface area contributed by atoms with Gasteiger partial charge >= 0.3 is 6.03 Å². The Morgan fingerprint density at radius 2 is 2.17 bits per heavy atom. The van der Waals surface area contributed by atoms with E-state index in [1.165, 1.54) is 4.90 Å². The Morgan fingerprint density at radius 3 is 2.83 bits per heavy atom. The average molecular weight is 253 g/mol. The van der Waals surface area contributed by atoms with Crippen LogP contribution in [-0.4, -0.2) is 48.7 Å². The Kier molecular flexibility index (Phi) is 3.69. The molecule has 2 fully saturated rings.